The molecule has 3 fully saturated rings. The number of piperidine rings is 1. The van der Waals surface area contributed by atoms with Gasteiger partial charge in [-0.15, -0.1) is 0 Å². The van der Waals surface area contributed by atoms with E-state index < -0.39 is 5.97 Å². The number of thioether (sulfide) groups is 1. The van der Waals surface area contributed by atoms with Gasteiger partial charge in [0, 0.05) is 31.4 Å². The highest BCUT2D eigenvalue weighted by atomic mass is 32.2. The molecule has 3 heterocycles. The summed E-state index contributed by atoms with van der Waals surface area (Å²) in [5, 5.41) is 8.87. The quantitative estimate of drug-likeness (QED) is 0.864. The zero-order chi connectivity index (χ0) is 14.7. The fraction of sp³-hybridized carbons (Fsp3) is 0.938. The number of likely N-dealkylation sites (tertiary alicyclic amines) is 1. The standard InChI is InChI=1S/C16H27NO3S/c18-15(19)4-3-13-2-1-7-17(11-13)14-5-8-20-16(10-14)6-9-21-12-16/h13-14H,1-12H2,(H,18,19). The van der Waals surface area contributed by atoms with Crippen molar-refractivity contribution in [3.63, 3.8) is 0 Å². The maximum atomic E-state index is 10.8. The van der Waals surface area contributed by atoms with Crippen molar-refractivity contribution in [1.82, 2.24) is 4.90 Å². The number of carboxylic acid groups (broad SMARTS) is 1. The smallest absolute Gasteiger partial charge is 0.303 e. The average Bonchev–Trinajstić information content (AvgIpc) is 2.93. The Morgan fingerprint density at radius 1 is 1.43 bits per heavy atom. The Hall–Kier alpha value is -0.260. The molecule has 0 aromatic carbocycles. The van der Waals surface area contributed by atoms with Gasteiger partial charge in [0.05, 0.1) is 5.60 Å². The van der Waals surface area contributed by atoms with Crippen LogP contribution in [0.4, 0.5) is 0 Å². The Bertz CT molecular complexity index is 371. The number of hydrogen-bond donors (Lipinski definition) is 1. The Kier molecular flexibility index (Phi) is 5.12. The first kappa shape index (κ1) is 15.6. The van der Waals surface area contributed by atoms with E-state index >= 15 is 0 Å². The molecule has 1 N–H and O–H groups in total. The van der Waals surface area contributed by atoms with Crippen LogP contribution in [0.25, 0.3) is 0 Å². The molecule has 5 heteroatoms. The molecule has 0 radical (unpaired) electrons. The zero-order valence-electron chi connectivity index (χ0n) is 12.8. The lowest BCUT2D eigenvalue weighted by Gasteiger charge is -2.45. The predicted molar refractivity (Wildman–Crippen MR) is 84.8 cm³/mol. The fourth-order valence-corrected chi connectivity index (χ4v) is 5.55. The summed E-state index contributed by atoms with van der Waals surface area (Å²) in [5.41, 5.74) is 0.154. The van der Waals surface area contributed by atoms with Crippen LogP contribution < -0.4 is 0 Å². The third-order valence-electron chi connectivity index (χ3n) is 5.37. The lowest BCUT2D eigenvalue weighted by molar-refractivity contribution is -0.137. The molecule has 0 aliphatic carbocycles. The highest BCUT2D eigenvalue weighted by Gasteiger charge is 2.42. The highest BCUT2D eigenvalue weighted by molar-refractivity contribution is 7.99. The summed E-state index contributed by atoms with van der Waals surface area (Å²) in [7, 11) is 0. The fourth-order valence-electron chi connectivity index (χ4n) is 4.17. The van der Waals surface area contributed by atoms with Crippen molar-refractivity contribution in [3.8, 4) is 0 Å². The van der Waals surface area contributed by atoms with E-state index in [1.54, 1.807) is 0 Å². The van der Waals surface area contributed by atoms with Gasteiger partial charge in [0.2, 0.25) is 0 Å². The van der Waals surface area contributed by atoms with Gasteiger partial charge in [0.25, 0.3) is 0 Å². The van der Waals surface area contributed by atoms with Crippen molar-refractivity contribution in [1.29, 1.82) is 0 Å². The second-order valence-electron chi connectivity index (χ2n) is 6.92. The van der Waals surface area contributed by atoms with Crippen molar-refractivity contribution in [2.45, 2.75) is 56.6 Å². The van der Waals surface area contributed by atoms with E-state index in [0.29, 0.717) is 18.4 Å². The summed E-state index contributed by atoms with van der Waals surface area (Å²) in [5.74, 6) is 2.33. The van der Waals surface area contributed by atoms with E-state index in [-0.39, 0.29) is 5.60 Å². The van der Waals surface area contributed by atoms with Crippen LogP contribution in [0, 0.1) is 5.92 Å². The minimum atomic E-state index is -0.653. The van der Waals surface area contributed by atoms with Crippen molar-refractivity contribution in [3.05, 3.63) is 0 Å². The summed E-state index contributed by atoms with van der Waals surface area (Å²) in [4.78, 5) is 13.4. The molecule has 3 aliphatic heterocycles. The molecule has 0 aromatic heterocycles. The highest BCUT2D eigenvalue weighted by Crippen LogP contribution is 2.40. The van der Waals surface area contributed by atoms with Crippen molar-refractivity contribution in [2.24, 2.45) is 5.92 Å². The average molecular weight is 313 g/mol. The van der Waals surface area contributed by atoms with Gasteiger partial charge in [0.1, 0.15) is 0 Å². The second kappa shape index (κ2) is 6.88. The van der Waals surface area contributed by atoms with Crippen LogP contribution in [0.5, 0.6) is 0 Å². The van der Waals surface area contributed by atoms with Crippen LogP contribution in [0.3, 0.4) is 0 Å². The molecule has 120 valence electrons. The molecule has 3 saturated heterocycles. The first-order chi connectivity index (χ1) is 10.2. The molecule has 0 amide bonds. The second-order valence-corrected chi connectivity index (χ2v) is 8.02. The Balaban J connectivity index is 1.54. The minimum Gasteiger partial charge on any atom is -0.481 e. The third kappa shape index (κ3) is 3.93. The maximum Gasteiger partial charge on any atom is 0.303 e. The summed E-state index contributed by atoms with van der Waals surface area (Å²) in [6.07, 6.45) is 7.15. The number of carboxylic acids is 1. The number of ether oxygens (including phenoxy) is 1. The number of rotatable bonds is 4. The minimum absolute atomic E-state index is 0.154. The number of carbonyl (C=O) groups is 1. The molecule has 0 aromatic rings. The Labute approximate surface area is 131 Å². The van der Waals surface area contributed by atoms with Crippen LogP contribution >= 0.6 is 11.8 Å². The summed E-state index contributed by atoms with van der Waals surface area (Å²) in [6.45, 7) is 3.19. The maximum absolute atomic E-state index is 10.8. The van der Waals surface area contributed by atoms with E-state index in [2.05, 4.69) is 4.90 Å². The molecular weight excluding hydrogens is 286 g/mol. The Morgan fingerprint density at radius 2 is 2.33 bits per heavy atom. The van der Waals surface area contributed by atoms with Gasteiger partial charge in [-0.25, -0.2) is 0 Å². The molecule has 3 unspecified atom stereocenters. The van der Waals surface area contributed by atoms with Gasteiger partial charge in [-0.2, -0.15) is 11.8 Å². The lowest BCUT2D eigenvalue weighted by atomic mass is 9.86. The van der Waals surface area contributed by atoms with Crippen LogP contribution in [-0.2, 0) is 9.53 Å². The van der Waals surface area contributed by atoms with Gasteiger partial charge < -0.3 is 9.84 Å². The van der Waals surface area contributed by atoms with Crippen LogP contribution in [0.1, 0.15) is 44.9 Å². The molecule has 1 spiro atoms. The Morgan fingerprint density at radius 3 is 3.10 bits per heavy atom. The molecule has 0 saturated carbocycles. The van der Waals surface area contributed by atoms with Gasteiger partial charge >= 0.3 is 5.97 Å². The molecule has 3 atom stereocenters. The van der Waals surface area contributed by atoms with Gasteiger partial charge in [0.15, 0.2) is 0 Å². The summed E-state index contributed by atoms with van der Waals surface area (Å²) < 4.78 is 6.13. The largest absolute Gasteiger partial charge is 0.481 e. The molecule has 21 heavy (non-hydrogen) atoms. The van der Waals surface area contributed by atoms with E-state index in [1.165, 1.54) is 43.7 Å². The van der Waals surface area contributed by atoms with E-state index in [9.17, 15) is 4.79 Å². The van der Waals surface area contributed by atoms with Crippen LogP contribution in [0.2, 0.25) is 0 Å². The van der Waals surface area contributed by atoms with Crippen molar-refractivity contribution >= 4 is 17.7 Å². The molecule has 3 aliphatic rings. The number of aliphatic carboxylic acids is 1. The van der Waals surface area contributed by atoms with Crippen LogP contribution in [0.15, 0.2) is 0 Å². The van der Waals surface area contributed by atoms with Crippen molar-refractivity contribution < 1.29 is 14.6 Å². The topological polar surface area (TPSA) is 49.8 Å². The van der Waals surface area contributed by atoms with Crippen molar-refractivity contribution in [2.75, 3.05) is 31.2 Å². The summed E-state index contributed by atoms with van der Waals surface area (Å²) >= 11 is 2.03. The molecule has 3 rings (SSSR count). The number of hydrogen-bond acceptors (Lipinski definition) is 4. The SMILES string of the molecule is O=C(O)CCC1CCCN(C2CCOC3(CCSC3)C2)C1. The van der Waals surface area contributed by atoms with Crippen LogP contribution in [-0.4, -0.2) is 58.8 Å². The molecule has 4 nitrogen and oxygen atoms in total. The van der Waals surface area contributed by atoms with Gasteiger partial charge in [-0.1, -0.05) is 0 Å². The predicted octanol–water partition coefficient (Wildman–Crippen LogP) is 2.62. The van der Waals surface area contributed by atoms with E-state index in [0.717, 1.165) is 26.0 Å². The monoisotopic (exact) mass is 313 g/mol. The first-order valence-corrected chi connectivity index (χ1v) is 9.50. The van der Waals surface area contributed by atoms with E-state index in [4.69, 9.17) is 9.84 Å². The third-order valence-corrected chi connectivity index (χ3v) is 6.59. The molecule has 0 bridgehead atoms. The van der Waals surface area contributed by atoms with Gasteiger partial charge in [-0.05, 0) is 56.7 Å². The van der Waals surface area contributed by atoms with Gasteiger partial charge in [-0.3, -0.25) is 9.69 Å². The zero-order valence-corrected chi connectivity index (χ0v) is 13.6. The van der Waals surface area contributed by atoms with E-state index in [1.807, 2.05) is 11.8 Å². The number of nitrogens with zero attached hydrogens (tertiary/aromatic N) is 1. The lowest BCUT2D eigenvalue weighted by Crippen LogP contribution is -2.51. The summed E-state index contributed by atoms with van der Waals surface area (Å²) in [6, 6.07) is 0.657. The molecular formula is C16H27NO3S. The first-order valence-electron chi connectivity index (χ1n) is 8.34. The normalized spacial score (nSPS) is 37.9.